The van der Waals surface area contributed by atoms with Crippen LogP contribution in [0, 0.1) is 0 Å². The number of piperazine rings is 1. The lowest BCUT2D eigenvalue weighted by atomic mass is 9.89. The van der Waals surface area contributed by atoms with Gasteiger partial charge in [0.2, 0.25) is 11.8 Å². The fourth-order valence-electron chi connectivity index (χ4n) is 3.76. The molecule has 3 rings (SSSR count). The Morgan fingerprint density at radius 2 is 2.05 bits per heavy atom. The first-order chi connectivity index (χ1) is 10.0. The number of hydrogen-bond acceptors (Lipinski definition) is 4. The van der Waals surface area contributed by atoms with Crippen LogP contribution in [0.25, 0.3) is 0 Å². The highest BCUT2D eigenvalue weighted by atomic mass is 16.5. The van der Waals surface area contributed by atoms with E-state index >= 15 is 0 Å². The van der Waals surface area contributed by atoms with E-state index in [1.807, 2.05) is 0 Å². The van der Waals surface area contributed by atoms with Crippen LogP contribution >= 0.6 is 0 Å². The highest BCUT2D eigenvalue weighted by Gasteiger charge is 2.53. The molecule has 1 saturated carbocycles. The Bertz CT molecular complexity index is 439. The number of carbonyl (C=O) groups excluding carboxylic acids is 2. The summed E-state index contributed by atoms with van der Waals surface area (Å²) >= 11 is 0. The molecule has 118 valence electrons. The van der Waals surface area contributed by atoms with Gasteiger partial charge in [0.1, 0.15) is 17.2 Å². The molecular weight excluding hydrogens is 272 g/mol. The van der Waals surface area contributed by atoms with Crippen molar-refractivity contribution in [3.63, 3.8) is 0 Å². The molecule has 2 unspecified atom stereocenters. The van der Waals surface area contributed by atoms with Gasteiger partial charge in [-0.25, -0.2) is 0 Å². The first kappa shape index (κ1) is 14.8. The van der Waals surface area contributed by atoms with Gasteiger partial charge in [-0.1, -0.05) is 12.8 Å². The maximum atomic E-state index is 13.0. The lowest BCUT2D eigenvalue weighted by molar-refractivity contribution is -0.159. The third kappa shape index (κ3) is 2.34. The predicted octanol–water partition coefficient (Wildman–Crippen LogP) is 0.452. The lowest BCUT2D eigenvalue weighted by Crippen LogP contribution is -2.70. The third-order valence-corrected chi connectivity index (χ3v) is 5.30. The van der Waals surface area contributed by atoms with Gasteiger partial charge in [0.15, 0.2) is 0 Å². The zero-order valence-electron chi connectivity index (χ0n) is 12.8. The number of nitrogens with zero attached hydrogens (tertiary/aromatic N) is 1. The molecule has 2 saturated heterocycles. The summed E-state index contributed by atoms with van der Waals surface area (Å²) < 4.78 is 11.1. The fraction of sp³-hybridized carbons (Fsp3) is 0.867. The molecule has 6 heteroatoms. The predicted molar refractivity (Wildman–Crippen MR) is 75.7 cm³/mol. The van der Waals surface area contributed by atoms with Crippen molar-refractivity contribution in [2.75, 3.05) is 26.9 Å². The average Bonchev–Trinajstić information content (AvgIpc) is 3.12. The second kappa shape index (κ2) is 5.25. The zero-order valence-corrected chi connectivity index (χ0v) is 12.8. The summed E-state index contributed by atoms with van der Waals surface area (Å²) in [6, 6.07) is -0.448. The maximum Gasteiger partial charge on any atom is 0.249 e. The topological polar surface area (TPSA) is 67.9 Å². The molecule has 3 fully saturated rings. The average molecular weight is 296 g/mol. The van der Waals surface area contributed by atoms with E-state index in [1.165, 1.54) is 0 Å². The summed E-state index contributed by atoms with van der Waals surface area (Å²) in [6.45, 7) is 3.34. The van der Waals surface area contributed by atoms with E-state index in [4.69, 9.17) is 9.47 Å². The van der Waals surface area contributed by atoms with Gasteiger partial charge in [-0.3, -0.25) is 9.59 Å². The molecule has 1 spiro atoms. The van der Waals surface area contributed by atoms with Gasteiger partial charge in [0, 0.05) is 20.1 Å². The van der Waals surface area contributed by atoms with Crippen LogP contribution in [0.2, 0.25) is 0 Å². The molecule has 0 radical (unpaired) electrons. The van der Waals surface area contributed by atoms with Gasteiger partial charge < -0.3 is 19.7 Å². The van der Waals surface area contributed by atoms with E-state index in [0.717, 1.165) is 32.1 Å². The molecule has 0 aromatic carbocycles. The van der Waals surface area contributed by atoms with Crippen molar-refractivity contribution >= 4 is 11.8 Å². The van der Waals surface area contributed by atoms with Gasteiger partial charge >= 0.3 is 0 Å². The Morgan fingerprint density at radius 1 is 1.33 bits per heavy atom. The fourth-order valence-corrected chi connectivity index (χ4v) is 3.76. The Kier molecular flexibility index (Phi) is 3.69. The van der Waals surface area contributed by atoms with E-state index in [1.54, 1.807) is 18.9 Å². The van der Waals surface area contributed by atoms with E-state index in [-0.39, 0.29) is 11.8 Å². The van der Waals surface area contributed by atoms with Crippen molar-refractivity contribution in [2.24, 2.45) is 0 Å². The second-order valence-corrected chi connectivity index (χ2v) is 6.58. The summed E-state index contributed by atoms with van der Waals surface area (Å²) in [5.74, 6) is -0.00269. The first-order valence-electron chi connectivity index (χ1n) is 7.78. The molecule has 2 amide bonds. The highest BCUT2D eigenvalue weighted by Crippen LogP contribution is 2.36. The van der Waals surface area contributed by atoms with Crippen molar-refractivity contribution in [3.8, 4) is 0 Å². The molecular formula is C15H24N2O4. The van der Waals surface area contributed by atoms with Gasteiger partial charge in [-0.15, -0.1) is 0 Å². The number of hydrogen-bond donors (Lipinski definition) is 1. The van der Waals surface area contributed by atoms with Crippen molar-refractivity contribution in [1.29, 1.82) is 0 Å². The van der Waals surface area contributed by atoms with E-state index < -0.39 is 17.2 Å². The minimum absolute atomic E-state index is 0.0513. The smallest absolute Gasteiger partial charge is 0.249 e. The molecule has 21 heavy (non-hydrogen) atoms. The number of carbonyl (C=O) groups is 2. The van der Waals surface area contributed by atoms with Crippen LogP contribution in [-0.2, 0) is 19.1 Å². The molecule has 0 bridgehead atoms. The number of ether oxygens (including phenoxy) is 2. The second-order valence-electron chi connectivity index (χ2n) is 6.58. The normalized spacial score (nSPS) is 35.5. The Labute approximate surface area is 125 Å². The lowest BCUT2D eigenvalue weighted by Gasteiger charge is -2.46. The number of rotatable bonds is 3. The maximum absolute atomic E-state index is 13.0. The van der Waals surface area contributed by atoms with Crippen LogP contribution in [0.1, 0.15) is 39.0 Å². The molecule has 0 aromatic rings. The third-order valence-electron chi connectivity index (χ3n) is 5.30. The van der Waals surface area contributed by atoms with Gasteiger partial charge in [-0.2, -0.15) is 0 Å². The Morgan fingerprint density at radius 3 is 2.62 bits per heavy atom. The van der Waals surface area contributed by atoms with Crippen molar-refractivity contribution in [2.45, 2.75) is 56.2 Å². The SMILES string of the molecule is COC1(CN2C(=O)C3(CCCC3)NC(=O)C2C)CCOC1. The van der Waals surface area contributed by atoms with E-state index in [0.29, 0.717) is 19.8 Å². The minimum atomic E-state index is -0.669. The van der Waals surface area contributed by atoms with Gasteiger partial charge in [0.25, 0.3) is 0 Å². The van der Waals surface area contributed by atoms with Crippen LogP contribution in [-0.4, -0.2) is 60.8 Å². The number of amides is 2. The first-order valence-corrected chi connectivity index (χ1v) is 7.78. The molecule has 0 aromatic heterocycles. The minimum Gasteiger partial charge on any atom is -0.378 e. The molecule has 3 aliphatic rings. The number of methoxy groups -OCH3 is 1. The van der Waals surface area contributed by atoms with Crippen molar-refractivity contribution in [3.05, 3.63) is 0 Å². The summed E-state index contributed by atoms with van der Waals surface area (Å²) in [4.78, 5) is 27.0. The van der Waals surface area contributed by atoms with Crippen LogP contribution in [0.15, 0.2) is 0 Å². The molecule has 6 nitrogen and oxygen atoms in total. The zero-order chi connectivity index (χ0) is 15.1. The van der Waals surface area contributed by atoms with Crippen LogP contribution in [0.5, 0.6) is 0 Å². The number of nitrogens with one attached hydrogen (secondary N) is 1. The molecule has 1 aliphatic carbocycles. The van der Waals surface area contributed by atoms with Gasteiger partial charge in [0.05, 0.1) is 13.2 Å². The summed E-state index contributed by atoms with van der Waals surface area (Å²) in [6.07, 6.45) is 4.24. The van der Waals surface area contributed by atoms with E-state index in [9.17, 15) is 9.59 Å². The van der Waals surface area contributed by atoms with Crippen LogP contribution in [0.3, 0.4) is 0 Å². The van der Waals surface area contributed by atoms with E-state index in [2.05, 4.69) is 5.32 Å². The largest absolute Gasteiger partial charge is 0.378 e. The molecule has 1 N–H and O–H groups in total. The molecule has 2 heterocycles. The van der Waals surface area contributed by atoms with Crippen molar-refractivity contribution in [1.82, 2.24) is 10.2 Å². The quantitative estimate of drug-likeness (QED) is 0.821. The van der Waals surface area contributed by atoms with Crippen LogP contribution < -0.4 is 5.32 Å². The Hall–Kier alpha value is -1.14. The summed E-state index contributed by atoms with van der Waals surface area (Å²) in [7, 11) is 1.65. The Balaban J connectivity index is 1.84. The standard InChI is InChI=1S/C15H24N2O4/c1-11-12(18)16-15(5-3-4-6-15)13(19)17(11)9-14(20-2)7-8-21-10-14/h11H,3-10H2,1-2H3,(H,16,18). The highest BCUT2D eigenvalue weighted by molar-refractivity contribution is 5.99. The van der Waals surface area contributed by atoms with Crippen LogP contribution in [0.4, 0.5) is 0 Å². The molecule has 2 aliphatic heterocycles. The summed E-state index contributed by atoms with van der Waals surface area (Å²) in [5, 5.41) is 2.97. The van der Waals surface area contributed by atoms with Crippen molar-refractivity contribution < 1.29 is 19.1 Å². The summed E-state index contributed by atoms with van der Waals surface area (Å²) in [5.41, 5.74) is -1.14. The van der Waals surface area contributed by atoms with Gasteiger partial charge in [-0.05, 0) is 19.8 Å². The monoisotopic (exact) mass is 296 g/mol. The molecule has 2 atom stereocenters.